The summed E-state index contributed by atoms with van der Waals surface area (Å²) < 4.78 is 5.47. The van der Waals surface area contributed by atoms with Crippen LogP contribution in [0.5, 0.6) is 0 Å². The number of ether oxygens (including phenoxy) is 1. The molecule has 0 aromatic heterocycles. The molecule has 0 bridgehead atoms. The molecule has 0 aliphatic carbocycles. The lowest BCUT2D eigenvalue weighted by molar-refractivity contribution is -0.956. The Morgan fingerprint density at radius 2 is 1.95 bits per heavy atom. The fraction of sp³-hybridized carbons (Fsp3) is 0.429. The smallest absolute Gasteiger partial charge is 0.343 e. The van der Waals surface area contributed by atoms with Gasteiger partial charge in [-0.3, -0.25) is 9.69 Å². The number of hydrogen-bond acceptors (Lipinski definition) is 3. The normalized spacial score (nSPS) is 29.7. The van der Waals surface area contributed by atoms with E-state index >= 15 is 0 Å². The second-order valence-corrected chi connectivity index (χ2v) is 5.21. The molecule has 1 saturated heterocycles. The first kappa shape index (κ1) is 12.2. The van der Waals surface area contributed by atoms with E-state index in [1.807, 2.05) is 18.2 Å². The van der Waals surface area contributed by atoms with Gasteiger partial charge in [0.1, 0.15) is 0 Å². The summed E-state index contributed by atoms with van der Waals surface area (Å²) in [5.74, 6) is -0.496. The molecule has 2 aliphatic rings. The Bertz CT molecular complexity index is 521. The Labute approximate surface area is 111 Å². The van der Waals surface area contributed by atoms with Gasteiger partial charge in [0.2, 0.25) is 5.91 Å². The van der Waals surface area contributed by atoms with Crippen molar-refractivity contribution >= 4 is 11.9 Å². The summed E-state index contributed by atoms with van der Waals surface area (Å²) in [5, 5.41) is 0. The van der Waals surface area contributed by atoms with Crippen LogP contribution in [0, 0.1) is 5.92 Å². The number of carbonyl (C=O) groups excluding carboxylic acids is 2. The van der Waals surface area contributed by atoms with Crippen molar-refractivity contribution in [2.45, 2.75) is 19.1 Å². The summed E-state index contributed by atoms with van der Waals surface area (Å²) >= 11 is 0. The van der Waals surface area contributed by atoms with Crippen molar-refractivity contribution in [1.82, 2.24) is 0 Å². The van der Waals surface area contributed by atoms with Crippen LogP contribution in [-0.2, 0) is 9.53 Å². The number of carbonyl (C=O) groups is 2. The summed E-state index contributed by atoms with van der Waals surface area (Å²) in [6, 6.07) is 7.51. The van der Waals surface area contributed by atoms with E-state index in [9.17, 15) is 9.59 Å². The van der Waals surface area contributed by atoms with E-state index in [1.165, 1.54) is 4.90 Å². The highest BCUT2D eigenvalue weighted by Crippen LogP contribution is 2.26. The van der Waals surface area contributed by atoms with Gasteiger partial charge in [0.15, 0.2) is 0 Å². The summed E-state index contributed by atoms with van der Waals surface area (Å²) in [5.41, 5.74) is 6.95. The van der Waals surface area contributed by atoms with Crippen LogP contribution in [0.3, 0.4) is 0 Å². The molecule has 0 spiro atoms. The molecule has 2 aliphatic heterocycles. The van der Waals surface area contributed by atoms with E-state index in [0.717, 1.165) is 31.5 Å². The third kappa shape index (κ3) is 2.10. The lowest BCUT2D eigenvalue weighted by Crippen LogP contribution is -3.13. The quantitative estimate of drug-likeness (QED) is 0.714. The molecule has 1 fully saturated rings. The van der Waals surface area contributed by atoms with Gasteiger partial charge in [-0.25, -0.2) is 4.79 Å². The van der Waals surface area contributed by atoms with E-state index < -0.39 is 0 Å². The van der Waals surface area contributed by atoms with Crippen LogP contribution < -0.4 is 10.6 Å². The number of benzene rings is 1. The van der Waals surface area contributed by atoms with Crippen LogP contribution in [0.25, 0.3) is 0 Å². The van der Waals surface area contributed by atoms with Crippen LogP contribution >= 0.6 is 0 Å². The molecular weight excluding hydrogens is 244 g/mol. The van der Waals surface area contributed by atoms with Gasteiger partial charge in [0.25, 0.3) is 6.23 Å². The number of amides is 1. The maximum absolute atomic E-state index is 11.8. The number of fused-ring (bicyclic) bond motifs is 1. The maximum Gasteiger partial charge on any atom is 0.343 e. The van der Waals surface area contributed by atoms with Crippen LogP contribution in [-0.4, -0.2) is 25.0 Å². The number of quaternary nitrogens is 1. The predicted octanol–water partition coefficient (Wildman–Crippen LogP) is -0.364. The number of cyclic esters (lactones) is 1. The molecule has 100 valence electrons. The molecule has 3 rings (SSSR count). The van der Waals surface area contributed by atoms with E-state index in [2.05, 4.69) is 0 Å². The first-order chi connectivity index (χ1) is 9.16. The summed E-state index contributed by atoms with van der Waals surface area (Å²) in [6.07, 6.45) is 1.31. The number of piperidine rings is 1. The van der Waals surface area contributed by atoms with Gasteiger partial charge in [0, 0.05) is 18.8 Å². The third-order valence-electron chi connectivity index (χ3n) is 4.09. The number of esters is 1. The van der Waals surface area contributed by atoms with Gasteiger partial charge in [-0.15, -0.1) is 0 Å². The second-order valence-electron chi connectivity index (χ2n) is 5.21. The zero-order chi connectivity index (χ0) is 13.4. The first-order valence-electron chi connectivity index (χ1n) is 6.60. The molecule has 5 heteroatoms. The summed E-state index contributed by atoms with van der Waals surface area (Å²) in [7, 11) is 0. The molecule has 1 aromatic carbocycles. The molecule has 0 saturated carbocycles. The van der Waals surface area contributed by atoms with Crippen LogP contribution in [0.4, 0.5) is 0 Å². The van der Waals surface area contributed by atoms with E-state index in [4.69, 9.17) is 10.5 Å². The van der Waals surface area contributed by atoms with Crippen molar-refractivity contribution in [3.8, 4) is 0 Å². The zero-order valence-corrected chi connectivity index (χ0v) is 10.6. The average molecular weight is 261 g/mol. The largest absolute Gasteiger partial charge is 0.404 e. The van der Waals surface area contributed by atoms with E-state index in [1.54, 1.807) is 6.07 Å². The molecule has 0 unspecified atom stereocenters. The Kier molecular flexibility index (Phi) is 2.98. The second kappa shape index (κ2) is 4.66. The highest BCUT2D eigenvalue weighted by molar-refractivity contribution is 5.93. The molecule has 0 radical (unpaired) electrons. The fourth-order valence-electron chi connectivity index (χ4n) is 2.98. The molecule has 1 amide bonds. The zero-order valence-electron chi connectivity index (χ0n) is 10.6. The number of nitrogens with two attached hydrogens (primary N) is 1. The Hall–Kier alpha value is -1.88. The highest BCUT2D eigenvalue weighted by atomic mass is 16.6. The van der Waals surface area contributed by atoms with Crippen molar-refractivity contribution in [2.24, 2.45) is 11.7 Å². The minimum atomic E-state index is -0.245. The molecule has 1 aromatic rings. The SMILES string of the molecule is NC(=O)C1CC[NH+]([C@@H]2OC(=O)c3ccccc32)CC1. The molecule has 1 atom stereocenters. The first-order valence-corrected chi connectivity index (χ1v) is 6.60. The van der Waals surface area contributed by atoms with Crippen molar-refractivity contribution < 1.29 is 19.2 Å². The highest BCUT2D eigenvalue weighted by Gasteiger charge is 2.40. The monoisotopic (exact) mass is 261 g/mol. The minimum absolute atomic E-state index is 0.0314. The van der Waals surface area contributed by atoms with Gasteiger partial charge < -0.3 is 10.5 Å². The van der Waals surface area contributed by atoms with Crippen molar-refractivity contribution in [1.29, 1.82) is 0 Å². The standard InChI is InChI=1S/C14H16N2O3/c15-12(17)9-5-7-16(8-6-9)13-10-3-1-2-4-11(10)14(18)19-13/h1-4,9,13H,5-8H2,(H2,15,17)/p+1/t13-/m1/s1. The molecular formula is C14H17N2O3+. The van der Waals surface area contributed by atoms with E-state index in [0.29, 0.717) is 5.56 Å². The lowest BCUT2D eigenvalue weighted by atomic mass is 9.95. The number of nitrogens with one attached hydrogen (secondary N) is 1. The average Bonchev–Trinajstić information content (AvgIpc) is 2.77. The number of rotatable bonds is 2. The van der Waals surface area contributed by atoms with Crippen LogP contribution in [0.15, 0.2) is 24.3 Å². The van der Waals surface area contributed by atoms with Gasteiger partial charge in [-0.1, -0.05) is 12.1 Å². The summed E-state index contributed by atoms with van der Waals surface area (Å²) in [6.45, 7) is 1.61. The predicted molar refractivity (Wildman–Crippen MR) is 67.2 cm³/mol. The van der Waals surface area contributed by atoms with Gasteiger partial charge in [-0.05, 0) is 12.1 Å². The lowest BCUT2D eigenvalue weighted by Gasteiger charge is -2.31. The molecule has 2 heterocycles. The van der Waals surface area contributed by atoms with Gasteiger partial charge in [0.05, 0.1) is 24.2 Å². The van der Waals surface area contributed by atoms with Crippen molar-refractivity contribution in [3.05, 3.63) is 35.4 Å². The minimum Gasteiger partial charge on any atom is -0.404 e. The van der Waals surface area contributed by atoms with E-state index in [-0.39, 0.29) is 24.0 Å². The van der Waals surface area contributed by atoms with Gasteiger partial charge in [-0.2, -0.15) is 0 Å². The number of hydrogen-bond donors (Lipinski definition) is 2. The van der Waals surface area contributed by atoms with Crippen LogP contribution in [0.2, 0.25) is 0 Å². The third-order valence-corrected chi connectivity index (χ3v) is 4.09. The van der Waals surface area contributed by atoms with Crippen LogP contribution in [0.1, 0.15) is 35.0 Å². The Morgan fingerprint density at radius 1 is 1.26 bits per heavy atom. The van der Waals surface area contributed by atoms with Gasteiger partial charge >= 0.3 is 5.97 Å². The topological polar surface area (TPSA) is 73.8 Å². The van der Waals surface area contributed by atoms with Crippen molar-refractivity contribution in [2.75, 3.05) is 13.1 Å². The fourth-order valence-corrected chi connectivity index (χ4v) is 2.98. The number of primary amides is 1. The maximum atomic E-state index is 11.8. The Morgan fingerprint density at radius 3 is 2.63 bits per heavy atom. The molecule has 3 N–H and O–H groups in total. The molecule has 5 nitrogen and oxygen atoms in total. The van der Waals surface area contributed by atoms with Crippen molar-refractivity contribution in [3.63, 3.8) is 0 Å². The summed E-state index contributed by atoms with van der Waals surface area (Å²) in [4.78, 5) is 24.1. The molecule has 19 heavy (non-hydrogen) atoms. The number of likely N-dealkylation sites (tertiary alicyclic amines) is 1. The Balaban J connectivity index is 1.75.